The average Bonchev–Trinajstić information content (AvgIpc) is 2.24. The van der Waals surface area contributed by atoms with Crippen molar-refractivity contribution in [3.63, 3.8) is 0 Å². The van der Waals surface area contributed by atoms with Gasteiger partial charge >= 0.3 is 0 Å². The van der Waals surface area contributed by atoms with Gasteiger partial charge in [-0.3, -0.25) is 14.9 Å². The van der Waals surface area contributed by atoms with Gasteiger partial charge in [0.25, 0.3) is 5.69 Å². The van der Waals surface area contributed by atoms with E-state index >= 15 is 0 Å². The topological polar surface area (TPSA) is 81.5 Å². The van der Waals surface area contributed by atoms with Crippen LogP contribution in [0.1, 0.15) is 0 Å². The Morgan fingerprint density at radius 2 is 2.29 bits per heavy atom. The largest absolute Gasteiger partial charge is 0.375 e. The van der Waals surface area contributed by atoms with Gasteiger partial charge in [0.2, 0.25) is 5.91 Å². The van der Waals surface area contributed by atoms with E-state index in [0.717, 1.165) is 12.1 Å². The Hall–Kier alpha value is -1.73. The maximum atomic E-state index is 13.3. The lowest BCUT2D eigenvalue weighted by atomic mass is 10.2. The minimum absolute atomic E-state index is 0.307. The Labute approximate surface area is 100 Å². The van der Waals surface area contributed by atoms with E-state index in [2.05, 4.69) is 10.1 Å². The first-order valence-corrected chi connectivity index (χ1v) is 4.76. The SMILES string of the molecule is COCC(=O)Nc1c(F)ccc([N+](=O)[O-])c1Cl. The summed E-state index contributed by atoms with van der Waals surface area (Å²) < 4.78 is 17.9. The van der Waals surface area contributed by atoms with Gasteiger partial charge in [-0.25, -0.2) is 4.39 Å². The highest BCUT2D eigenvalue weighted by Gasteiger charge is 2.20. The van der Waals surface area contributed by atoms with Gasteiger partial charge in [0.1, 0.15) is 23.1 Å². The molecule has 1 rings (SSSR count). The molecule has 0 saturated carbocycles. The Morgan fingerprint density at radius 3 is 2.82 bits per heavy atom. The maximum Gasteiger partial charge on any atom is 0.290 e. The highest BCUT2D eigenvalue weighted by molar-refractivity contribution is 6.35. The van der Waals surface area contributed by atoms with Gasteiger partial charge in [-0.05, 0) is 6.07 Å². The summed E-state index contributed by atoms with van der Waals surface area (Å²) in [5.41, 5.74) is -0.913. The Bertz CT molecular complexity index is 467. The molecular formula is C9H8ClFN2O4. The van der Waals surface area contributed by atoms with Crippen molar-refractivity contribution in [2.24, 2.45) is 0 Å². The minimum atomic E-state index is -0.856. The van der Waals surface area contributed by atoms with Gasteiger partial charge < -0.3 is 10.1 Å². The Kier molecular flexibility index (Phi) is 4.36. The van der Waals surface area contributed by atoms with Gasteiger partial charge in [0.15, 0.2) is 0 Å². The molecule has 0 fully saturated rings. The number of hydrogen-bond acceptors (Lipinski definition) is 4. The number of nitro groups is 1. The molecule has 0 bridgehead atoms. The predicted octanol–water partition coefficient (Wildman–Crippen LogP) is 1.97. The van der Waals surface area contributed by atoms with Crippen LogP contribution in [0.25, 0.3) is 0 Å². The van der Waals surface area contributed by atoms with Crippen LogP contribution in [0.5, 0.6) is 0 Å². The zero-order valence-electron chi connectivity index (χ0n) is 8.70. The van der Waals surface area contributed by atoms with Gasteiger partial charge in [-0.15, -0.1) is 0 Å². The van der Waals surface area contributed by atoms with Crippen molar-refractivity contribution >= 4 is 28.9 Å². The van der Waals surface area contributed by atoms with Crippen LogP contribution in [-0.4, -0.2) is 24.5 Å². The van der Waals surface area contributed by atoms with E-state index in [4.69, 9.17) is 11.6 Å². The number of nitro benzene ring substituents is 1. The molecule has 92 valence electrons. The summed E-state index contributed by atoms with van der Waals surface area (Å²) in [5, 5.41) is 12.2. The molecule has 8 heteroatoms. The van der Waals surface area contributed by atoms with E-state index in [1.165, 1.54) is 7.11 Å². The van der Waals surface area contributed by atoms with E-state index in [0.29, 0.717) is 0 Å². The van der Waals surface area contributed by atoms with Crippen molar-refractivity contribution in [3.8, 4) is 0 Å². The summed E-state index contributed by atoms with van der Waals surface area (Å²) >= 11 is 5.62. The van der Waals surface area contributed by atoms with Gasteiger partial charge in [0.05, 0.1) is 4.92 Å². The molecule has 0 aliphatic rings. The van der Waals surface area contributed by atoms with Crippen molar-refractivity contribution in [3.05, 3.63) is 33.1 Å². The summed E-state index contributed by atoms with van der Waals surface area (Å²) in [4.78, 5) is 21.0. The summed E-state index contributed by atoms with van der Waals surface area (Å²) in [6, 6.07) is 1.77. The molecule has 17 heavy (non-hydrogen) atoms. The maximum absolute atomic E-state index is 13.3. The smallest absolute Gasteiger partial charge is 0.290 e. The number of carbonyl (C=O) groups is 1. The molecule has 1 amide bonds. The van der Waals surface area contributed by atoms with Crippen LogP contribution in [-0.2, 0) is 9.53 Å². The van der Waals surface area contributed by atoms with E-state index in [1.54, 1.807) is 0 Å². The van der Waals surface area contributed by atoms with Crippen molar-refractivity contribution < 1.29 is 18.8 Å². The van der Waals surface area contributed by atoms with Crippen LogP contribution in [0.3, 0.4) is 0 Å². The molecule has 0 spiro atoms. The number of nitrogens with zero attached hydrogens (tertiary/aromatic N) is 1. The monoisotopic (exact) mass is 262 g/mol. The summed E-state index contributed by atoms with van der Waals surface area (Å²) in [6.45, 7) is -0.307. The summed E-state index contributed by atoms with van der Waals surface area (Å²) in [6.07, 6.45) is 0. The zero-order chi connectivity index (χ0) is 13.0. The molecule has 0 unspecified atom stereocenters. The second kappa shape index (κ2) is 5.55. The molecular weight excluding hydrogens is 255 g/mol. The fraction of sp³-hybridized carbons (Fsp3) is 0.222. The van der Waals surface area contributed by atoms with Crippen molar-refractivity contribution in [2.75, 3.05) is 19.0 Å². The predicted molar refractivity (Wildman–Crippen MR) is 58.6 cm³/mol. The van der Waals surface area contributed by atoms with Crippen LogP contribution < -0.4 is 5.32 Å². The number of benzene rings is 1. The van der Waals surface area contributed by atoms with E-state index < -0.39 is 33.0 Å². The molecule has 0 aliphatic carbocycles. The van der Waals surface area contributed by atoms with E-state index in [1.807, 2.05) is 0 Å². The third-order valence-electron chi connectivity index (χ3n) is 1.81. The van der Waals surface area contributed by atoms with E-state index in [-0.39, 0.29) is 6.61 Å². The second-order valence-electron chi connectivity index (χ2n) is 2.99. The van der Waals surface area contributed by atoms with Crippen molar-refractivity contribution in [2.45, 2.75) is 0 Å². The number of methoxy groups -OCH3 is 1. The summed E-state index contributed by atoms with van der Waals surface area (Å²) in [5.74, 6) is -1.51. The molecule has 6 nitrogen and oxygen atoms in total. The number of nitrogens with one attached hydrogen (secondary N) is 1. The molecule has 1 N–H and O–H groups in total. The zero-order valence-corrected chi connectivity index (χ0v) is 9.45. The van der Waals surface area contributed by atoms with Gasteiger partial charge in [0, 0.05) is 13.2 Å². The fourth-order valence-corrected chi connectivity index (χ4v) is 1.37. The summed E-state index contributed by atoms with van der Waals surface area (Å²) in [7, 11) is 1.28. The lowest BCUT2D eigenvalue weighted by molar-refractivity contribution is -0.384. The van der Waals surface area contributed by atoms with Crippen LogP contribution >= 0.6 is 11.6 Å². The number of rotatable bonds is 4. The Morgan fingerprint density at radius 1 is 1.65 bits per heavy atom. The van der Waals surface area contributed by atoms with Crippen molar-refractivity contribution in [1.29, 1.82) is 0 Å². The number of carbonyl (C=O) groups excluding carboxylic acids is 1. The lowest BCUT2D eigenvalue weighted by Crippen LogP contribution is -2.18. The third-order valence-corrected chi connectivity index (χ3v) is 2.19. The average molecular weight is 263 g/mol. The van der Waals surface area contributed by atoms with Crippen LogP contribution in [0, 0.1) is 15.9 Å². The first kappa shape index (κ1) is 13.3. The highest BCUT2D eigenvalue weighted by Crippen LogP contribution is 2.33. The highest BCUT2D eigenvalue weighted by atomic mass is 35.5. The first-order valence-electron chi connectivity index (χ1n) is 4.38. The quantitative estimate of drug-likeness (QED) is 0.664. The Balaban J connectivity index is 3.09. The lowest BCUT2D eigenvalue weighted by Gasteiger charge is -2.07. The molecule has 0 aromatic heterocycles. The first-order chi connectivity index (χ1) is 7.97. The molecule has 0 aliphatic heterocycles. The molecule has 0 heterocycles. The molecule has 0 atom stereocenters. The fourth-order valence-electron chi connectivity index (χ4n) is 1.10. The van der Waals surface area contributed by atoms with Crippen LogP contribution in [0.2, 0.25) is 5.02 Å². The van der Waals surface area contributed by atoms with E-state index in [9.17, 15) is 19.3 Å². The molecule has 0 saturated heterocycles. The molecule has 0 radical (unpaired) electrons. The van der Waals surface area contributed by atoms with Crippen molar-refractivity contribution in [1.82, 2.24) is 0 Å². The minimum Gasteiger partial charge on any atom is -0.375 e. The van der Waals surface area contributed by atoms with Gasteiger partial charge in [-0.1, -0.05) is 11.6 Å². The molecule has 1 aromatic rings. The number of anilines is 1. The number of ether oxygens (including phenoxy) is 1. The second-order valence-corrected chi connectivity index (χ2v) is 3.37. The standard InChI is InChI=1S/C9H8ClFN2O4/c1-17-4-7(14)12-9-5(11)2-3-6(8(9)10)13(15)16/h2-3H,4H2,1H3,(H,12,14). The normalized spacial score (nSPS) is 10.1. The number of halogens is 2. The van der Waals surface area contributed by atoms with Crippen LogP contribution in [0.15, 0.2) is 12.1 Å². The third kappa shape index (κ3) is 3.11. The number of amides is 1. The number of hydrogen-bond donors (Lipinski definition) is 1. The van der Waals surface area contributed by atoms with Gasteiger partial charge in [-0.2, -0.15) is 0 Å². The van der Waals surface area contributed by atoms with Crippen LogP contribution in [0.4, 0.5) is 15.8 Å². The molecule has 1 aromatic carbocycles.